The molecular weight excluding hydrogens is 188 g/mol. The van der Waals surface area contributed by atoms with Crippen LogP contribution in [0.2, 0.25) is 0 Å². The molecule has 1 aromatic rings. The third-order valence-corrected chi connectivity index (χ3v) is 1.99. The fraction of sp³-hybridized carbons (Fsp3) is 0.583. The molecular formula is C12H20N2O. The van der Waals surface area contributed by atoms with Gasteiger partial charge in [-0.3, -0.25) is 0 Å². The van der Waals surface area contributed by atoms with Crippen LogP contribution in [0.25, 0.3) is 0 Å². The van der Waals surface area contributed by atoms with Crippen LogP contribution in [0.1, 0.15) is 32.8 Å². The highest BCUT2D eigenvalue weighted by Gasteiger charge is 2.04. The lowest BCUT2D eigenvalue weighted by atomic mass is 10.2. The SMILES string of the molecule is CCCOc1ncccc1CNC(C)C. The summed E-state index contributed by atoms with van der Waals surface area (Å²) < 4.78 is 5.57. The summed E-state index contributed by atoms with van der Waals surface area (Å²) in [5, 5.41) is 3.36. The Kier molecular flexibility index (Phi) is 5.12. The van der Waals surface area contributed by atoms with Gasteiger partial charge >= 0.3 is 0 Å². The van der Waals surface area contributed by atoms with E-state index in [0.717, 1.165) is 31.0 Å². The van der Waals surface area contributed by atoms with Crippen LogP contribution in [0.15, 0.2) is 18.3 Å². The number of nitrogens with zero attached hydrogens (tertiary/aromatic N) is 1. The van der Waals surface area contributed by atoms with Crippen LogP contribution in [-0.4, -0.2) is 17.6 Å². The van der Waals surface area contributed by atoms with E-state index in [0.29, 0.717) is 6.04 Å². The second-order valence-electron chi connectivity index (χ2n) is 3.85. The van der Waals surface area contributed by atoms with Crippen molar-refractivity contribution in [2.24, 2.45) is 0 Å². The summed E-state index contributed by atoms with van der Waals surface area (Å²) in [7, 11) is 0. The topological polar surface area (TPSA) is 34.1 Å². The Morgan fingerprint density at radius 2 is 2.27 bits per heavy atom. The predicted octanol–water partition coefficient (Wildman–Crippen LogP) is 2.37. The number of hydrogen-bond acceptors (Lipinski definition) is 3. The molecule has 3 heteroatoms. The maximum atomic E-state index is 5.57. The lowest BCUT2D eigenvalue weighted by Crippen LogP contribution is -2.22. The molecule has 1 heterocycles. The largest absolute Gasteiger partial charge is 0.477 e. The minimum Gasteiger partial charge on any atom is -0.477 e. The van der Waals surface area contributed by atoms with Crippen LogP contribution < -0.4 is 10.1 Å². The van der Waals surface area contributed by atoms with E-state index in [2.05, 4.69) is 31.1 Å². The Bertz CT molecular complexity index is 287. The summed E-state index contributed by atoms with van der Waals surface area (Å²) in [6.45, 7) is 7.89. The molecule has 0 saturated carbocycles. The van der Waals surface area contributed by atoms with Gasteiger partial charge in [-0.25, -0.2) is 4.98 Å². The van der Waals surface area contributed by atoms with Gasteiger partial charge < -0.3 is 10.1 Å². The van der Waals surface area contributed by atoms with Crippen molar-refractivity contribution in [1.82, 2.24) is 10.3 Å². The third-order valence-electron chi connectivity index (χ3n) is 1.99. The average molecular weight is 208 g/mol. The maximum absolute atomic E-state index is 5.57. The molecule has 0 fully saturated rings. The molecule has 0 aliphatic heterocycles. The molecule has 0 bridgehead atoms. The second-order valence-corrected chi connectivity index (χ2v) is 3.85. The van der Waals surface area contributed by atoms with Crippen molar-refractivity contribution < 1.29 is 4.74 Å². The zero-order valence-electron chi connectivity index (χ0n) is 9.79. The zero-order valence-corrected chi connectivity index (χ0v) is 9.79. The van der Waals surface area contributed by atoms with Crippen molar-refractivity contribution in [1.29, 1.82) is 0 Å². The van der Waals surface area contributed by atoms with Gasteiger partial charge in [0, 0.05) is 24.3 Å². The van der Waals surface area contributed by atoms with Crippen molar-refractivity contribution >= 4 is 0 Å². The van der Waals surface area contributed by atoms with Crippen molar-refractivity contribution in [3.05, 3.63) is 23.9 Å². The highest BCUT2D eigenvalue weighted by Crippen LogP contribution is 2.14. The van der Waals surface area contributed by atoms with E-state index in [1.165, 1.54) is 0 Å². The summed E-state index contributed by atoms with van der Waals surface area (Å²) in [4.78, 5) is 4.23. The second kappa shape index (κ2) is 6.40. The number of nitrogens with one attached hydrogen (secondary N) is 1. The Balaban J connectivity index is 2.59. The van der Waals surface area contributed by atoms with E-state index < -0.39 is 0 Å². The third kappa shape index (κ3) is 4.30. The Hall–Kier alpha value is -1.09. The van der Waals surface area contributed by atoms with Crippen LogP contribution in [-0.2, 0) is 6.54 Å². The molecule has 3 nitrogen and oxygen atoms in total. The van der Waals surface area contributed by atoms with Gasteiger partial charge in [-0.2, -0.15) is 0 Å². The van der Waals surface area contributed by atoms with E-state index in [1.807, 2.05) is 12.1 Å². The molecule has 0 radical (unpaired) electrons. The Labute approximate surface area is 91.9 Å². The standard InChI is InChI=1S/C12H20N2O/c1-4-8-15-12-11(6-5-7-13-12)9-14-10(2)3/h5-7,10,14H,4,8-9H2,1-3H3. The zero-order chi connectivity index (χ0) is 11.1. The first-order valence-corrected chi connectivity index (χ1v) is 5.54. The van der Waals surface area contributed by atoms with Crippen LogP contribution in [0.4, 0.5) is 0 Å². The minimum atomic E-state index is 0.476. The van der Waals surface area contributed by atoms with Crippen LogP contribution in [0, 0.1) is 0 Å². The molecule has 0 atom stereocenters. The molecule has 0 aliphatic rings. The molecule has 1 rings (SSSR count). The molecule has 0 aliphatic carbocycles. The lowest BCUT2D eigenvalue weighted by molar-refractivity contribution is 0.300. The van der Waals surface area contributed by atoms with Crippen molar-refractivity contribution in [3.63, 3.8) is 0 Å². The van der Waals surface area contributed by atoms with Crippen molar-refractivity contribution in [3.8, 4) is 5.88 Å². The van der Waals surface area contributed by atoms with E-state index in [1.54, 1.807) is 6.20 Å². The first kappa shape index (κ1) is 12.0. The number of hydrogen-bond donors (Lipinski definition) is 1. The van der Waals surface area contributed by atoms with Gasteiger partial charge in [-0.1, -0.05) is 26.8 Å². The first-order chi connectivity index (χ1) is 7.24. The van der Waals surface area contributed by atoms with Gasteiger partial charge in [0.25, 0.3) is 0 Å². The predicted molar refractivity (Wildman–Crippen MR) is 62.0 cm³/mol. The van der Waals surface area contributed by atoms with Crippen LogP contribution in [0.5, 0.6) is 5.88 Å². The Morgan fingerprint density at radius 3 is 2.93 bits per heavy atom. The highest BCUT2D eigenvalue weighted by atomic mass is 16.5. The first-order valence-electron chi connectivity index (χ1n) is 5.54. The number of rotatable bonds is 6. The minimum absolute atomic E-state index is 0.476. The highest BCUT2D eigenvalue weighted by molar-refractivity contribution is 5.25. The molecule has 1 aromatic heterocycles. The smallest absolute Gasteiger partial charge is 0.217 e. The van der Waals surface area contributed by atoms with Gasteiger partial charge in [0.05, 0.1) is 6.61 Å². The summed E-state index contributed by atoms with van der Waals surface area (Å²) in [6, 6.07) is 4.47. The molecule has 0 saturated heterocycles. The van der Waals surface area contributed by atoms with Gasteiger partial charge in [-0.15, -0.1) is 0 Å². The van der Waals surface area contributed by atoms with Crippen molar-refractivity contribution in [2.45, 2.75) is 39.8 Å². The molecule has 84 valence electrons. The number of pyridine rings is 1. The van der Waals surface area contributed by atoms with E-state index in [-0.39, 0.29) is 0 Å². The van der Waals surface area contributed by atoms with Gasteiger partial charge in [0.15, 0.2) is 0 Å². The fourth-order valence-electron chi connectivity index (χ4n) is 1.20. The van der Waals surface area contributed by atoms with Crippen molar-refractivity contribution in [2.75, 3.05) is 6.61 Å². The summed E-state index contributed by atoms with van der Waals surface area (Å²) in [5.74, 6) is 0.757. The van der Waals surface area contributed by atoms with Crippen LogP contribution >= 0.6 is 0 Å². The molecule has 0 aromatic carbocycles. The molecule has 1 N–H and O–H groups in total. The monoisotopic (exact) mass is 208 g/mol. The fourth-order valence-corrected chi connectivity index (χ4v) is 1.20. The molecule has 0 spiro atoms. The molecule has 0 unspecified atom stereocenters. The normalized spacial score (nSPS) is 10.7. The quantitative estimate of drug-likeness (QED) is 0.779. The van der Waals surface area contributed by atoms with Gasteiger partial charge in [0.2, 0.25) is 5.88 Å². The summed E-state index contributed by atoms with van der Waals surface area (Å²) >= 11 is 0. The molecule has 15 heavy (non-hydrogen) atoms. The van der Waals surface area contributed by atoms with E-state index in [4.69, 9.17) is 4.74 Å². The van der Waals surface area contributed by atoms with E-state index >= 15 is 0 Å². The van der Waals surface area contributed by atoms with Gasteiger partial charge in [-0.05, 0) is 12.5 Å². The van der Waals surface area contributed by atoms with Gasteiger partial charge in [0.1, 0.15) is 0 Å². The maximum Gasteiger partial charge on any atom is 0.217 e. The summed E-state index contributed by atoms with van der Waals surface area (Å²) in [6.07, 6.45) is 2.78. The number of ether oxygens (including phenoxy) is 1. The summed E-state index contributed by atoms with van der Waals surface area (Å²) in [5.41, 5.74) is 1.12. The molecule has 0 amide bonds. The number of aromatic nitrogens is 1. The lowest BCUT2D eigenvalue weighted by Gasteiger charge is -2.11. The average Bonchev–Trinajstić information content (AvgIpc) is 2.24. The van der Waals surface area contributed by atoms with Crippen LogP contribution in [0.3, 0.4) is 0 Å². The van der Waals surface area contributed by atoms with E-state index in [9.17, 15) is 0 Å². The Morgan fingerprint density at radius 1 is 1.47 bits per heavy atom.